The van der Waals surface area contributed by atoms with Crippen molar-refractivity contribution in [2.24, 2.45) is 11.7 Å². The molecule has 2 heterocycles. The second kappa shape index (κ2) is 8.96. The number of pyridine rings is 1. The van der Waals surface area contributed by atoms with E-state index in [9.17, 15) is 10.1 Å². The van der Waals surface area contributed by atoms with E-state index in [2.05, 4.69) is 11.1 Å². The summed E-state index contributed by atoms with van der Waals surface area (Å²) in [5.74, 6) is 0.138. The largest absolute Gasteiger partial charge is 0.481 e. The Labute approximate surface area is 165 Å². The number of carbonyl (C=O) groups is 1. The van der Waals surface area contributed by atoms with Crippen molar-refractivity contribution in [3.8, 4) is 23.1 Å². The fourth-order valence-electron chi connectivity index (χ4n) is 3.42. The van der Waals surface area contributed by atoms with E-state index in [1.165, 1.54) is 0 Å². The third-order valence-corrected chi connectivity index (χ3v) is 5.27. The van der Waals surface area contributed by atoms with Gasteiger partial charge in [-0.2, -0.15) is 5.26 Å². The SMILES string of the molecule is COc1cc(-c2ccc(C[C@@H](C#N)CC(=O)C3(N)CCOCC3)cc2)ccn1. The average molecular weight is 379 g/mol. The molecule has 1 saturated heterocycles. The lowest BCUT2D eigenvalue weighted by molar-refractivity contribution is -0.128. The number of ketones is 1. The summed E-state index contributed by atoms with van der Waals surface area (Å²) in [6, 6.07) is 14.0. The fraction of sp³-hybridized carbons (Fsp3) is 0.409. The molecule has 1 aromatic carbocycles. The maximum Gasteiger partial charge on any atom is 0.213 e. The van der Waals surface area contributed by atoms with Gasteiger partial charge in [0.05, 0.1) is 24.6 Å². The van der Waals surface area contributed by atoms with Crippen LogP contribution in [-0.4, -0.2) is 36.6 Å². The van der Waals surface area contributed by atoms with Crippen molar-refractivity contribution in [1.82, 2.24) is 4.98 Å². The number of aromatic nitrogens is 1. The van der Waals surface area contributed by atoms with E-state index < -0.39 is 5.54 Å². The molecule has 0 amide bonds. The highest BCUT2D eigenvalue weighted by Crippen LogP contribution is 2.25. The fourth-order valence-corrected chi connectivity index (χ4v) is 3.42. The molecule has 0 aliphatic carbocycles. The molecule has 0 unspecified atom stereocenters. The number of nitriles is 1. The second-order valence-corrected chi connectivity index (χ2v) is 7.21. The van der Waals surface area contributed by atoms with Gasteiger partial charge in [0, 0.05) is 31.9 Å². The number of methoxy groups -OCH3 is 1. The van der Waals surface area contributed by atoms with Crippen molar-refractivity contribution in [1.29, 1.82) is 5.26 Å². The van der Waals surface area contributed by atoms with Gasteiger partial charge in [-0.25, -0.2) is 4.98 Å². The Kier molecular flexibility index (Phi) is 6.40. The van der Waals surface area contributed by atoms with Crippen molar-refractivity contribution < 1.29 is 14.3 Å². The van der Waals surface area contributed by atoms with E-state index in [0.717, 1.165) is 16.7 Å². The lowest BCUT2D eigenvalue weighted by Crippen LogP contribution is -2.52. The number of Topliss-reactive ketones (excluding diaryl/α,β-unsaturated/α-hetero) is 1. The van der Waals surface area contributed by atoms with Crippen molar-refractivity contribution >= 4 is 5.78 Å². The number of nitrogens with zero attached hydrogens (tertiary/aromatic N) is 2. The molecule has 1 aliphatic rings. The Morgan fingerprint density at radius 3 is 2.64 bits per heavy atom. The minimum atomic E-state index is -0.850. The first kappa shape index (κ1) is 20.0. The highest BCUT2D eigenvalue weighted by molar-refractivity contribution is 5.88. The van der Waals surface area contributed by atoms with Crippen molar-refractivity contribution in [2.45, 2.75) is 31.2 Å². The molecule has 1 aliphatic heterocycles. The Morgan fingerprint density at radius 2 is 2.00 bits per heavy atom. The van der Waals surface area contributed by atoms with Crippen molar-refractivity contribution in [2.75, 3.05) is 20.3 Å². The number of rotatable bonds is 7. The number of carbonyl (C=O) groups excluding carboxylic acids is 1. The first-order valence-electron chi connectivity index (χ1n) is 9.43. The van der Waals surface area contributed by atoms with Gasteiger partial charge < -0.3 is 15.2 Å². The van der Waals surface area contributed by atoms with E-state index in [0.29, 0.717) is 38.4 Å². The average Bonchev–Trinajstić information content (AvgIpc) is 2.74. The predicted molar refractivity (Wildman–Crippen MR) is 106 cm³/mol. The minimum absolute atomic E-state index is 0.0390. The molecule has 2 N–H and O–H groups in total. The monoisotopic (exact) mass is 379 g/mol. The van der Waals surface area contributed by atoms with Crippen LogP contribution in [0.2, 0.25) is 0 Å². The Morgan fingerprint density at radius 1 is 1.29 bits per heavy atom. The van der Waals surface area contributed by atoms with E-state index in [-0.39, 0.29) is 18.1 Å². The Balaban J connectivity index is 1.65. The van der Waals surface area contributed by atoms with Crippen LogP contribution in [0, 0.1) is 17.2 Å². The number of ether oxygens (including phenoxy) is 2. The molecule has 2 aromatic rings. The number of benzene rings is 1. The minimum Gasteiger partial charge on any atom is -0.481 e. The molecule has 28 heavy (non-hydrogen) atoms. The van der Waals surface area contributed by atoms with Crippen LogP contribution in [0.5, 0.6) is 5.88 Å². The maximum absolute atomic E-state index is 12.6. The molecule has 0 radical (unpaired) electrons. The van der Waals surface area contributed by atoms with Crippen LogP contribution in [0.1, 0.15) is 24.8 Å². The first-order chi connectivity index (χ1) is 13.5. The standard InChI is InChI=1S/C22H25N3O3/c1-27-21-14-19(6-9-25-21)18-4-2-16(3-5-18)12-17(15-23)13-20(26)22(24)7-10-28-11-8-22/h2-6,9,14,17H,7-8,10-13,24H2,1H3/t17-/m1/s1. The van der Waals surface area contributed by atoms with Gasteiger partial charge in [0.25, 0.3) is 0 Å². The van der Waals surface area contributed by atoms with Gasteiger partial charge >= 0.3 is 0 Å². The third-order valence-electron chi connectivity index (χ3n) is 5.27. The van der Waals surface area contributed by atoms with E-state index in [1.54, 1.807) is 13.3 Å². The number of hydrogen-bond donors (Lipinski definition) is 1. The predicted octanol–water partition coefficient (Wildman–Crippen LogP) is 2.91. The van der Waals surface area contributed by atoms with Crippen LogP contribution in [0.15, 0.2) is 42.6 Å². The van der Waals surface area contributed by atoms with Gasteiger partial charge in [0.2, 0.25) is 5.88 Å². The van der Waals surface area contributed by atoms with Crippen LogP contribution >= 0.6 is 0 Å². The summed E-state index contributed by atoms with van der Waals surface area (Å²) >= 11 is 0. The Bertz CT molecular complexity index is 852. The van der Waals surface area contributed by atoms with Gasteiger partial charge in [0.15, 0.2) is 5.78 Å². The zero-order valence-corrected chi connectivity index (χ0v) is 16.1. The van der Waals surface area contributed by atoms with Gasteiger partial charge in [-0.3, -0.25) is 4.79 Å². The molecular formula is C22H25N3O3. The highest BCUT2D eigenvalue weighted by Gasteiger charge is 2.36. The smallest absolute Gasteiger partial charge is 0.213 e. The summed E-state index contributed by atoms with van der Waals surface area (Å²) in [4.78, 5) is 16.7. The van der Waals surface area contributed by atoms with Crippen molar-refractivity contribution in [3.05, 3.63) is 48.2 Å². The van der Waals surface area contributed by atoms with Gasteiger partial charge in [-0.1, -0.05) is 24.3 Å². The molecular weight excluding hydrogens is 354 g/mol. The lowest BCUT2D eigenvalue weighted by Gasteiger charge is -2.32. The van der Waals surface area contributed by atoms with Gasteiger partial charge in [-0.15, -0.1) is 0 Å². The third kappa shape index (κ3) is 4.75. The second-order valence-electron chi connectivity index (χ2n) is 7.21. The normalized spacial score (nSPS) is 16.8. The molecule has 1 aromatic heterocycles. The van der Waals surface area contributed by atoms with Crippen LogP contribution in [-0.2, 0) is 16.0 Å². The van der Waals surface area contributed by atoms with E-state index >= 15 is 0 Å². The molecule has 0 spiro atoms. The maximum atomic E-state index is 12.6. The number of hydrogen-bond acceptors (Lipinski definition) is 6. The first-order valence-corrected chi connectivity index (χ1v) is 9.43. The Hall–Kier alpha value is -2.75. The van der Waals surface area contributed by atoms with Gasteiger partial charge in [0.1, 0.15) is 0 Å². The van der Waals surface area contributed by atoms with Crippen molar-refractivity contribution in [3.63, 3.8) is 0 Å². The van der Waals surface area contributed by atoms with E-state index in [4.69, 9.17) is 15.2 Å². The quantitative estimate of drug-likeness (QED) is 0.794. The van der Waals surface area contributed by atoms with Crippen LogP contribution in [0.25, 0.3) is 11.1 Å². The topological polar surface area (TPSA) is 98.2 Å². The lowest BCUT2D eigenvalue weighted by atomic mass is 9.81. The van der Waals surface area contributed by atoms with Crippen LogP contribution in [0.4, 0.5) is 0 Å². The number of nitrogens with two attached hydrogens (primary N) is 1. The summed E-state index contributed by atoms with van der Waals surface area (Å²) in [6.07, 6.45) is 3.45. The zero-order chi connectivity index (χ0) is 20.0. The molecule has 0 bridgehead atoms. The summed E-state index contributed by atoms with van der Waals surface area (Å²) in [7, 11) is 1.59. The summed E-state index contributed by atoms with van der Waals surface area (Å²) in [6.45, 7) is 1.00. The zero-order valence-electron chi connectivity index (χ0n) is 16.1. The molecule has 3 rings (SSSR count). The molecule has 6 nitrogen and oxygen atoms in total. The molecule has 146 valence electrons. The summed E-state index contributed by atoms with van der Waals surface area (Å²) in [5.41, 5.74) is 8.47. The highest BCUT2D eigenvalue weighted by atomic mass is 16.5. The summed E-state index contributed by atoms with van der Waals surface area (Å²) in [5, 5.41) is 9.52. The van der Waals surface area contributed by atoms with Gasteiger partial charge in [-0.05, 0) is 42.0 Å². The van der Waals surface area contributed by atoms with Crippen LogP contribution in [0.3, 0.4) is 0 Å². The molecule has 1 atom stereocenters. The van der Waals surface area contributed by atoms with Crippen LogP contribution < -0.4 is 10.5 Å². The molecule has 0 saturated carbocycles. The summed E-state index contributed by atoms with van der Waals surface area (Å²) < 4.78 is 10.5. The molecule has 1 fully saturated rings. The molecule has 6 heteroatoms. The van der Waals surface area contributed by atoms with E-state index in [1.807, 2.05) is 36.4 Å².